The van der Waals surface area contributed by atoms with Gasteiger partial charge in [0, 0.05) is 6.04 Å². The zero-order valence-corrected chi connectivity index (χ0v) is 16.7. The Bertz CT molecular complexity index is 789. The Morgan fingerprint density at radius 3 is 2.07 bits per heavy atom. The second-order valence-corrected chi connectivity index (χ2v) is 8.07. The van der Waals surface area contributed by atoms with E-state index in [0.29, 0.717) is 0 Å². The van der Waals surface area contributed by atoms with Crippen LogP contribution in [0.4, 0.5) is 4.79 Å². The van der Waals surface area contributed by atoms with Gasteiger partial charge in [0.25, 0.3) is 5.91 Å². The predicted octanol–water partition coefficient (Wildman–Crippen LogP) is 0.828. The van der Waals surface area contributed by atoms with E-state index < -0.39 is 40.1 Å². The molecule has 1 rings (SSSR count). The van der Waals surface area contributed by atoms with Crippen molar-refractivity contribution in [3.05, 3.63) is 29.8 Å². The molecule has 1 aromatic rings. The molecule has 27 heavy (non-hydrogen) atoms. The number of hydrogen-bond acceptors (Lipinski definition) is 6. The van der Waals surface area contributed by atoms with Gasteiger partial charge in [0.1, 0.15) is 6.04 Å². The lowest BCUT2D eigenvalue weighted by molar-refractivity contribution is -0.155. The standard InChI is InChI=1S/C17H25N3O6S/c1-10(2)18-17(23)19-15(21)13(5)26-16(22)12(4)20-27(24,25)14-8-6-11(3)7-9-14/h6-10,12-13,20H,1-5H3,(H2,18,19,21,23)/t12-,13-/m0/s1. The van der Waals surface area contributed by atoms with Crippen molar-refractivity contribution < 1.29 is 27.5 Å². The van der Waals surface area contributed by atoms with Crippen LogP contribution in [0.15, 0.2) is 29.2 Å². The third-order valence-electron chi connectivity index (χ3n) is 3.34. The summed E-state index contributed by atoms with van der Waals surface area (Å²) in [6.45, 7) is 7.82. The number of esters is 1. The third kappa shape index (κ3) is 7.35. The third-order valence-corrected chi connectivity index (χ3v) is 4.89. The Hall–Kier alpha value is -2.46. The number of rotatable bonds is 7. The van der Waals surface area contributed by atoms with Crippen molar-refractivity contribution in [2.24, 2.45) is 0 Å². The average molecular weight is 399 g/mol. The summed E-state index contributed by atoms with van der Waals surface area (Å²) in [7, 11) is -3.93. The molecule has 150 valence electrons. The summed E-state index contributed by atoms with van der Waals surface area (Å²) in [6, 6.07) is 3.98. The van der Waals surface area contributed by atoms with E-state index in [9.17, 15) is 22.8 Å². The molecule has 0 aliphatic rings. The van der Waals surface area contributed by atoms with Crippen LogP contribution in [0.25, 0.3) is 0 Å². The Balaban J connectivity index is 2.64. The fourth-order valence-corrected chi connectivity index (χ4v) is 3.10. The number of ether oxygens (including phenoxy) is 1. The maximum absolute atomic E-state index is 12.3. The summed E-state index contributed by atoms with van der Waals surface area (Å²) in [5, 5.41) is 4.48. The number of aryl methyl sites for hydroxylation is 1. The van der Waals surface area contributed by atoms with Crippen LogP contribution >= 0.6 is 0 Å². The number of carbonyl (C=O) groups excluding carboxylic acids is 3. The van der Waals surface area contributed by atoms with Gasteiger partial charge in [-0.3, -0.25) is 14.9 Å². The number of sulfonamides is 1. The van der Waals surface area contributed by atoms with Gasteiger partial charge < -0.3 is 10.1 Å². The summed E-state index contributed by atoms with van der Waals surface area (Å²) in [5.41, 5.74) is 0.891. The van der Waals surface area contributed by atoms with Crippen LogP contribution in [0.3, 0.4) is 0 Å². The molecule has 0 fully saturated rings. The molecule has 0 aliphatic carbocycles. The van der Waals surface area contributed by atoms with Crippen molar-refractivity contribution in [3.63, 3.8) is 0 Å². The molecular weight excluding hydrogens is 374 g/mol. The second-order valence-electron chi connectivity index (χ2n) is 6.35. The minimum atomic E-state index is -3.93. The first-order valence-corrected chi connectivity index (χ1v) is 9.81. The van der Waals surface area contributed by atoms with E-state index in [1.165, 1.54) is 26.0 Å². The van der Waals surface area contributed by atoms with Crippen LogP contribution in [-0.2, 0) is 24.3 Å². The fraction of sp³-hybridized carbons (Fsp3) is 0.471. The van der Waals surface area contributed by atoms with E-state index in [1.54, 1.807) is 26.0 Å². The molecule has 2 atom stereocenters. The van der Waals surface area contributed by atoms with Crippen LogP contribution < -0.4 is 15.4 Å². The van der Waals surface area contributed by atoms with Gasteiger partial charge in [-0.05, 0) is 46.8 Å². The summed E-state index contributed by atoms with van der Waals surface area (Å²) in [5.74, 6) is -1.77. The van der Waals surface area contributed by atoms with Gasteiger partial charge in [-0.25, -0.2) is 13.2 Å². The number of benzene rings is 1. The molecule has 0 saturated carbocycles. The number of amides is 3. The van der Waals surface area contributed by atoms with Crippen molar-refractivity contribution in [2.75, 3.05) is 0 Å². The second kappa shape index (κ2) is 9.47. The maximum Gasteiger partial charge on any atom is 0.324 e. The molecule has 9 nitrogen and oxygen atoms in total. The fourth-order valence-electron chi connectivity index (χ4n) is 1.91. The minimum Gasteiger partial charge on any atom is -0.451 e. The van der Waals surface area contributed by atoms with Gasteiger partial charge in [0.15, 0.2) is 6.10 Å². The summed E-state index contributed by atoms with van der Waals surface area (Å²) in [4.78, 5) is 35.4. The van der Waals surface area contributed by atoms with Gasteiger partial charge in [-0.2, -0.15) is 4.72 Å². The Morgan fingerprint density at radius 2 is 1.56 bits per heavy atom. The topological polar surface area (TPSA) is 131 Å². The predicted molar refractivity (Wildman–Crippen MR) is 98.3 cm³/mol. The highest BCUT2D eigenvalue weighted by molar-refractivity contribution is 7.89. The highest BCUT2D eigenvalue weighted by atomic mass is 32.2. The van der Waals surface area contributed by atoms with Crippen LogP contribution in [0.1, 0.15) is 33.3 Å². The van der Waals surface area contributed by atoms with Gasteiger partial charge >= 0.3 is 12.0 Å². The number of nitrogens with one attached hydrogen (secondary N) is 3. The van der Waals surface area contributed by atoms with E-state index in [1.807, 2.05) is 12.2 Å². The summed E-state index contributed by atoms with van der Waals surface area (Å²) < 4.78 is 31.7. The van der Waals surface area contributed by atoms with Crippen molar-refractivity contribution in [2.45, 2.75) is 57.7 Å². The van der Waals surface area contributed by atoms with E-state index in [-0.39, 0.29) is 10.9 Å². The number of hydrogen-bond donors (Lipinski definition) is 3. The molecule has 0 spiro atoms. The molecule has 0 aromatic heterocycles. The van der Waals surface area contributed by atoms with E-state index in [0.717, 1.165) is 5.56 Å². The molecule has 0 saturated heterocycles. The molecular formula is C17H25N3O6S. The number of imide groups is 1. The monoisotopic (exact) mass is 399 g/mol. The first kappa shape index (κ1) is 22.6. The summed E-state index contributed by atoms with van der Waals surface area (Å²) >= 11 is 0. The first-order valence-electron chi connectivity index (χ1n) is 8.33. The molecule has 0 heterocycles. The molecule has 0 radical (unpaired) electrons. The van der Waals surface area contributed by atoms with Crippen molar-refractivity contribution in [1.29, 1.82) is 0 Å². The Kier molecular flexibility index (Phi) is 7.92. The minimum absolute atomic E-state index is 0.00361. The highest BCUT2D eigenvalue weighted by Crippen LogP contribution is 2.11. The van der Waals surface area contributed by atoms with Crippen LogP contribution in [0.2, 0.25) is 0 Å². The lowest BCUT2D eigenvalue weighted by Gasteiger charge is -2.18. The first-order chi connectivity index (χ1) is 12.4. The van der Waals surface area contributed by atoms with E-state index >= 15 is 0 Å². The van der Waals surface area contributed by atoms with Crippen molar-refractivity contribution >= 4 is 27.9 Å². The average Bonchev–Trinajstić information content (AvgIpc) is 2.53. The molecule has 10 heteroatoms. The van der Waals surface area contributed by atoms with Crippen molar-refractivity contribution in [3.8, 4) is 0 Å². The molecule has 0 bridgehead atoms. The zero-order valence-electron chi connectivity index (χ0n) is 15.9. The highest BCUT2D eigenvalue weighted by Gasteiger charge is 2.27. The molecule has 3 amide bonds. The summed E-state index contributed by atoms with van der Waals surface area (Å²) in [6.07, 6.45) is -1.28. The van der Waals surface area contributed by atoms with Crippen LogP contribution in [0, 0.1) is 6.92 Å². The van der Waals surface area contributed by atoms with E-state index in [4.69, 9.17) is 4.74 Å². The molecule has 0 aliphatic heterocycles. The Morgan fingerprint density at radius 1 is 1.00 bits per heavy atom. The largest absolute Gasteiger partial charge is 0.451 e. The van der Waals surface area contributed by atoms with Crippen LogP contribution in [0.5, 0.6) is 0 Å². The normalized spacial score (nSPS) is 13.6. The smallest absolute Gasteiger partial charge is 0.324 e. The number of urea groups is 1. The van der Waals surface area contributed by atoms with Crippen molar-refractivity contribution in [1.82, 2.24) is 15.4 Å². The van der Waals surface area contributed by atoms with Gasteiger partial charge in [-0.15, -0.1) is 0 Å². The molecule has 3 N–H and O–H groups in total. The SMILES string of the molecule is Cc1ccc(S(=O)(=O)N[C@@H](C)C(=O)O[C@@H](C)C(=O)NC(=O)NC(C)C)cc1. The zero-order chi connectivity index (χ0) is 20.8. The molecule has 0 unspecified atom stereocenters. The van der Waals surface area contributed by atoms with Gasteiger partial charge in [0.05, 0.1) is 4.90 Å². The van der Waals surface area contributed by atoms with E-state index in [2.05, 4.69) is 10.0 Å². The quantitative estimate of drug-likeness (QED) is 0.582. The lowest BCUT2D eigenvalue weighted by Crippen LogP contribution is -2.48. The molecule has 1 aromatic carbocycles. The number of carbonyl (C=O) groups is 3. The van der Waals surface area contributed by atoms with Gasteiger partial charge in [0.2, 0.25) is 10.0 Å². The van der Waals surface area contributed by atoms with Gasteiger partial charge in [-0.1, -0.05) is 17.7 Å². The Labute approximate surface area is 158 Å². The van der Waals surface area contributed by atoms with Crippen LogP contribution in [-0.4, -0.2) is 44.5 Å². The lowest BCUT2D eigenvalue weighted by atomic mass is 10.2. The maximum atomic E-state index is 12.3.